The Morgan fingerprint density at radius 2 is 2.16 bits per heavy atom. The van der Waals surface area contributed by atoms with Gasteiger partial charge < -0.3 is 10.1 Å². The minimum Gasteiger partial charge on any atom is -0.378 e. The lowest BCUT2D eigenvalue weighted by Gasteiger charge is -2.22. The summed E-state index contributed by atoms with van der Waals surface area (Å²) in [5, 5.41) is 10.9. The van der Waals surface area contributed by atoms with Gasteiger partial charge in [0.25, 0.3) is 5.91 Å². The maximum Gasteiger partial charge on any atom is 0.273 e. The molecule has 1 fully saturated rings. The predicted octanol–water partition coefficient (Wildman–Crippen LogP) is 2.60. The Morgan fingerprint density at radius 3 is 2.96 bits per heavy atom. The standard InChI is InChI=1S/C19H26N4O2/c24-19(20-12-11-17-10-4-5-14-25-17)18-15-23(22-21-18)13-6-9-16-7-2-1-3-8-16/h1-3,7-8,15,17H,4-6,9-14H2,(H,20,24)/t17-/m0/s1. The number of nitrogens with zero attached hydrogens (tertiary/aromatic N) is 3. The number of amides is 1. The van der Waals surface area contributed by atoms with Crippen LogP contribution in [0.2, 0.25) is 0 Å². The van der Waals surface area contributed by atoms with Gasteiger partial charge in [-0.3, -0.25) is 9.48 Å². The zero-order valence-corrected chi connectivity index (χ0v) is 14.6. The highest BCUT2D eigenvalue weighted by atomic mass is 16.5. The quantitative estimate of drug-likeness (QED) is 0.801. The smallest absolute Gasteiger partial charge is 0.273 e. The molecule has 1 aromatic carbocycles. The van der Waals surface area contributed by atoms with E-state index in [1.54, 1.807) is 10.9 Å². The van der Waals surface area contributed by atoms with Crippen LogP contribution in [-0.4, -0.2) is 40.2 Å². The summed E-state index contributed by atoms with van der Waals surface area (Å²) in [5.74, 6) is -0.162. The Labute approximate surface area is 148 Å². The van der Waals surface area contributed by atoms with E-state index in [1.165, 1.54) is 12.0 Å². The highest BCUT2D eigenvalue weighted by molar-refractivity contribution is 5.91. The van der Waals surface area contributed by atoms with Crippen molar-refractivity contribution >= 4 is 5.91 Å². The molecule has 0 radical (unpaired) electrons. The zero-order chi connectivity index (χ0) is 17.3. The summed E-state index contributed by atoms with van der Waals surface area (Å²) in [6.45, 7) is 2.21. The number of aryl methyl sites for hydroxylation is 2. The molecule has 2 aromatic rings. The molecular weight excluding hydrogens is 316 g/mol. The van der Waals surface area contributed by atoms with Gasteiger partial charge in [-0.25, -0.2) is 0 Å². The SMILES string of the molecule is O=C(NCC[C@@H]1CCCCO1)c1cn(CCCc2ccccc2)nn1. The minimum atomic E-state index is -0.162. The maximum absolute atomic E-state index is 12.1. The molecule has 1 N–H and O–H groups in total. The predicted molar refractivity (Wildman–Crippen MR) is 95.3 cm³/mol. The Hall–Kier alpha value is -2.21. The lowest BCUT2D eigenvalue weighted by Crippen LogP contribution is -2.29. The molecular formula is C19H26N4O2. The van der Waals surface area contributed by atoms with Gasteiger partial charge in [0, 0.05) is 19.7 Å². The molecule has 1 aliphatic rings. The van der Waals surface area contributed by atoms with E-state index in [0.29, 0.717) is 12.2 Å². The molecule has 6 heteroatoms. The number of rotatable bonds is 8. The fraction of sp³-hybridized carbons (Fsp3) is 0.526. The average molecular weight is 342 g/mol. The fourth-order valence-electron chi connectivity index (χ4n) is 3.07. The van der Waals surface area contributed by atoms with Crippen molar-refractivity contribution in [2.24, 2.45) is 0 Å². The third kappa shape index (κ3) is 5.67. The third-order valence-electron chi connectivity index (χ3n) is 4.49. The monoisotopic (exact) mass is 342 g/mol. The second-order valence-corrected chi connectivity index (χ2v) is 6.49. The second kappa shape index (κ2) is 9.32. The summed E-state index contributed by atoms with van der Waals surface area (Å²) >= 11 is 0. The van der Waals surface area contributed by atoms with Gasteiger partial charge in [-0.05, 0) is 44.1 Å². The second-order valence-electron chi connectivity index (χ2n) is 6.49. The van der Waals surface area contributed by atoms with Gasteiger partial charge in [0.2, 0.25) is 0 Å². The van der Waals surface area contributed by atoms with Gasteiger partial charge >= 0.3 is 0 Å². The van der Waals surface area contributed by atoms with Crippen LogP contribution < -0.4 is 5.32 Å². The third-order valence-corrected chi connectivity index (χ3v) is 4.49. The molecule has 0 spiro atoms. The van der Waals surface area contributed by atoms with Crippen LogP contribution in [0.1, 0.15) is 48.2 Å². The number of carbonyl (C=O) groups is 1. The van der Waals surface area contributed by atoms with E-state index < -0.39 is 0 Å². The van der Waals surface area contributed by atoms with Crippen LogP contribution in [0.4, 0.5) is 0 Å². The van der Waals surface area contributed by atoms with E-state index in [1.807, 2.05) is 18.2 Å². The Kier molecular flexibility index (Phi) is 6.56. The van der Waals surface area contributed by atoms with Crippen molar-refractivity contribution in [3.63, 3.8) is 0 Å². The summed E-state index contributed by atoms with van der Waals surface area (Å²) in [7, 11) is 0. The maximum atomic E-state index is 12.1. The van der Waals surface area contributed by atoms with Crippen LogP contribution in [-0.2, 0) is 17.7 Å². The summed E-state index contributed by atoms with van der Waals surface area (Å²) < 4.78 is 7.41. The van der Waals surface area contributed by atoms with E-state index >= 15 is 0 Å². The van der Waals surface area contributed by atoms with Crippen LogP contribution in [0.5, 0.6) is 0 Å². The van der Waals surface area contributed by atoms with Crippen LogP contribution >= 0.6 is 0 Å². The van der Waals surface area contributed by atoms with Crippen LogP contribution in [0.25, 0.3) is 0 Å². The Bertz CT molecular complexity index is 650. The number of benzene rings is 1. The number of hydrogen-bond donors (Lipinski definition) is 1. The number of aromatic nitrogens is 3. The molecule has 2 heterocycles. The van der Waals surface area contributed by atoms with Gasteiger partial charge in [0.1, 0.15) is 0 Å². The first kappa shape index (κ1) is 17.6. The first-order valence-electron chi connectivity index (χ1n) is 9.15. The van der Waals surface area contributed by atoms with Crippen molar-refractivity contribution in [1.29, 1.82) is 0 Å². The summed E-state index contributed by atoms with van der Waals surface area (Å²) in [6.07, 6.45) is 8.27. The Balaban J connectivity index is 1.37. The van der Waals surface area contributed by atoms with Gasteiger partial charge in [-0.15, -0.1) is 5.10 Å². The molecule has 1 atom stereocenters. The zero-order valence-electron chi connectivity index (χ0n) is 14.6. The van der Waals surface area contributed by atoms with Crippen molar-refractivity contribution in [2.75, 3.05) is 13.2 Å². The van der Waals surface area contributed by atoms with E-state index in [2.05, 4.69) is 27.8 Å². The van der Waals surface area contributed by atoms with Gasteiger partial charge in [0.05, 0.1) is 12.3 Å². The number of carbonyl (C=O) groups excluding carboxylic acids is 1. The molecule has 25 heavy (non-hydrogen) atoms. The van der Waals surface area contributed by atoms with Crippen LogP contribution in [0.3, 0.4) is 0 Å². The molecule has 134 valence electrons. The highest BCUT2D eigenvalue weighted by Crippen LogP contribution is 2.14. The van der Waals surface area contributed by atoms with Gasteiger partial charge in [0.15, 0.2) is 5.69 Å². The van der Waals surface area contributed by atoms with Gasteiger partial charge in [-0.2, -0.15) is 0 Å². The van der Waals surface area contributed by atoms with Gasteiger partial charge in [-0.1, -0.05) is 35.5 Å². The number of nitrogens with one attached hydrogen (secondary N) is 1. The fourth-order valence-corrected chi connectivity index (χ4v) is 3.07. The summed E-state index contributed by atoms with van der Waals surface area (Å²) in [5.41, 5.74) is 1.69. The van der Waals surface area contributed by atoms with Crippen LogP contribution in [0, 0.1) is 0 Å². The molecule has 3 rings (SSSR count). The lowest BCUT2D eigenvalue weighted by atomic mass is 10.1. The van der Waals surface area contributed by atoms with Crippen molar-refractivity contribution in [3.05, 3.63) is 47.8 Å². The largest absolute Gasteiger partial charge is 0.378 e. The molecule has 0 aliphatic carbocycles. The molecule has 1 amide bonds. The normalized spacial score (nSPS) is 17.4. The molecule has 1 saturated heterocycles. The molecule has 6 nitrogen and oxygen atoms in total. The molecule has 1 aliphatic heterocycles. The van der Waals surface area contributed by atoms with E-state index in [0.717, 1.165) is 45.3 Å². The summed E-state index contributed by atoms with van der Waals surface area (Å²) in [4.78, 5) is 12.1. The molecule has 0 saturated carbocycles. The topological polar surface area (TPSA) is 69.0 Å². The van der Waals surface area contributed by atoms with Crippen LogP contribution in [0.15, 0.2) is 36.5 Å². The molecule has 0 unspecified atom stereocenters. The Morgan fingerprint density at radius 1 is 1.28 bits per heavy atom. The van der Waals surface area contributed by atoms with Crippen molar-refractivity contribution in [2.45, 2.75) is 51.2 Å². The number of hydrogen-bond acceptors (Lipinski definition) is 4. The minimum absolute atomic E-state index is 0.162. The average Bonchev–Trinajstić information content (AvgIpc) is 3.12. The first-order valence-corrected chi connectivity index (χ1v) is 9.15. The highest BCUT2D eigenvalue weighted by Gasteiger charge is 2.15. The van der Waals surface area contributed by atoms with Crippen molar-refractivity contribution < 1.29 is 9.53 Å². The van der Waals surface area contributed by atoms with E-state index in [9.17, 15) is 4.79 Å². The molecule has 1 aromatic heterocycles. The van der Waals surface area contributed by atoms with E-state index in [4.69, 9.17) is 4.74 Å². The first-order chi connectivity index (χ1) is 12.3. The molecule has 0 bridgehead atoms. The van der Waals surface area contributed by atoms with Crippen molar-refractivity contribution in [1.82, 2.24) is 20.3 Å². The van der Waals surface area contributed by atoms with E-state index in [-0.39, 0.29) is 12.0 Å². The summed E-state index contributed by atoms with van der Waals surface area (Å²) in [6, 6.07) is 10.4. The number of ether oxygens (including phenoxy) is 1. The van der Waals surface area contributed by atoms with Crippen molar-refractivity contribution in [3.8, 4) is 0 Å². The lowest BCUT2D eigenvalue weighted by molar-refractivity contribution is 0.0117.